The van der Waals surface area contributed by atoms with Gasteiger partial charge in [0.15, 0.2) is 11.6 Å². The zero-order valence-electron chi connectivity index (χ0n) is 14.4. The molecule has 0 saturated carbocycles. The standard InChI is InChI=1S/C19H16Cl2N4O2/c1-11-7-17(25-18(10-26)23-11)24-16-9-12(5-6-22-16)8-15(27)19-13(20)3-2-4-14(19)21/h2-7,9,26H,8,10H2,1H3,(H,22,23,24,25). The molecule has 0 unspecified atom stereocenters. The first-order valence-corrected chi connectivity index (χ1v) is 8.86. The smallest absolute Gasteiger partial charge is 0.170 e. The molecule has 3 rings (SSSR count). The van der Waals surface area contributed by atoms with E-state index in [0.717, 1.165) is 11.3 Å². The number of aryl methyl sites for hydroxylation is 1. The Labute approximate surface area is 166 Å². The number of nitrogens with zero attached hydrogens (tertiary/aromatic N) is 3. The number of aromatic nitrogens is 3. The normalized spacial score (nSPS) is 10.7. The number of anilines is 2. The van der Waals surface area contributed by atoms with Crippen LogP contribution in [0.5, 0.6) is 0 Å². The van der Waals surface area contributed by atoms with E-state index >= 15 is 0 Å². The Bertz CT molecular complexity index is 975. The molecule has 27 heavy (non-hydrogen) atoms. The fourth-order valence-corrected chi connectivity index (χ4v) is 3.19. The predicted molar refractivity (Wildman–Crippen MR) is 105 cm³/mol. The molecule has 2 N–H and O–H groups in total. The zero-order chi connectivity index (χ0) is 19.4. The topological polar surface area (TPSA) is 88.0 Å². The van der Waals surface area contributed by atoms with E-state index in [-0.39, 0.29) is 18.8 Å². The lowest BCUT2D eigenvalue weighted by atomic mass is 10.0. The molecule has 0 atom stereocenters. The molecule has 138 valence electrons. The number of carbonyl (C=O) groups is 1. The summed E-state index contributed by atoms with van der Waals surface area (Å²) in [6.45, 7) is 1.55. The van der Waals surface area contributed by atoms with Crippen molar-refractivity contribution in [2.75, 3.05) is 5.32 Å². The van der Waals surface area contributed by atoms with E-state index in [0.29, 0.717) is 33.1 Å². The van der Waals surface area contributed by atoms with Crippen LogP contribution in [0.25, 0.3) is 0 Å². The van der Waals surface area contributed by atoms with Crippen molar-refractivity contribution < 1.29 is 9.90 Å². The molecule has 0 bridgehead atoms. The minimum absolute atomic E-state index is 0.130. The van der Waals surface area contributed by atoms with E-state index < -0.39 is 0 Å². The number of aliphatic hydroxyl groups excluding tert-OH is 1. The van der Waals surface area contributed by atoms with E-state index in [1.165, 1.54) is 0 Å². The highest BCUT2D eigenvalue weighted by Crippen LogP contribution is 2.26. The Morgan fingerprint density at radius 3 is 2.56 bits per heavy atom. The molecule has 8 heteroatoms. The van der Waals surface area contributed by atoms with Crippen molar-refractivity contribution in [3.63, 3.8) is 0 Å². The minimum atomic E-state index is -0.253. The maximum Gasteiger partial charge on any atom is 0.170 e. The third-order valence-electron chi connectivity index (χ3n) is 3.73. The number of aliphatic hydroxyl groups is 1. The van der Waals surface area contributed by atoms with Gasteiger partial charge in [-0.2, -0.15) is 0 Å². The molecule has 0 fully saturated rings. The number of hydrogen-bond donors (Lipinski definition) is 2. The maximum absolute atomic E-state index is 12.6. The average molecular weight is 403 g/mol. The predicted octanol–water partition coefficient (Wildman–Crippen LogP) is 4.15. The number of Topliss-reactive ketones (excluding diaryl/α,β-unsaturated/α-hetero) is 1. The molecule has 6 nitrogen and oxygen atoms in total. The number of ketones is 1. The molecule has 0 saturated heterocycles. The monoisotopic (exact) mass is 402 g/mol. The molecule has 0 aliphatic rings. The third-order valence-corrected chi connectivity index (χ3v) is 4.36. The Hall–Kier alpha value is -2.54. The van der Waals surface area contributed by atoms with Crippen LogP contribution in [0, 0.1) is 6.92 Å². The summed E-state index contributed by atoms with van der Waals surface area (Å²) in [6, 6.07) is 10.2. The van der Waals surface area contributed by atoms with Gasteiger partial charge in [0, 0.05) is 24.4 Å². The number of hydrogen-bond acceptors (Lipinski definition) is 6. The van der Waals surface area contributed by atoms with Crippen LogP contribution in [0.3, 0.4) is 0 Å². The maximum atomic E-state index is 12.6. The Morgan fingerprint density at radius 2 is 1.85 bits per heavy atom. The number of halogens is 2. The summed E-state index contributed by atoms with van der Waals surface area (Å²) in [5, 5.41) is 12.9. The van der Waals surface area contributed by atoms with Crippen molar-refractivity contribution in [3.8, 4) is 0 Å². The number of rotatable bonds is 6. The van der Waals surface area contributed by atoms with Crippen LogP contribution < -0.4 is 5.32 Å². The Balaban J connectivity index is 1.80. The van der Waals surface area contributed by atoms with Crippen LogP contribution in [0.15, 0.2) is 42.6 Å². The number of nitrogens with one attached hydrogen (secondary N) is 1. The summed E-state index contributed by atoms with van der Waals surface area (Å²) >= 11 is 12.2. The van der Waals surface area contributed by atoms with Crippen molar-refractivity contribution in [2.45, 2.75) is 20.0 Å². The molecule has 0 radical (unpaired) electrons. The highest BCUT2D eigenvalue weighted by molar-refractivity contribution is 6.39. The van der Waals surface area contributed by atoms with Gasteiger partial charge in [0.2, 0.25) is 0 Å². The van der Waals surface area contributed by atoms with Crippen LogP contribution in [0.1, 0.15) is 27.4 Å². The summed E-state index contributed by atoms with van der Waals surface area (Å²) in [4.78, 5) is 25.1. The third kappa shape index (κ3) is 4.80. The first-order chi connectivity index (χ1) is 13.0. The van der Waals surface area contributed by atoms with Gasteiger partial charge in [-0.3, -0.25) is 4.79 Å². The quantitative estimate of drug-likeness (QED) is 0.602. The van der Waals surface area contributed by atoms with E-state index in [4.69, 9.17) is 23.2 Å². The second kappa shape index (κ2) is 8.43. The largest absolute Gasteiger partial charge is 0.388 e. The summed E-state index contributed by atoms with van der Waals surface area (Å²) < 4.78 is 0. The molecule has 2 heterocycles. The summed E-state index contributed by atoms with van der Waals surface area (Å²) in [6.07, 6.45) is 1.73. The van der Waals surface area contributed by atoms with Gasteiger partial charge in [-0.25, -0.2) is 15.0 Å². The average Bonchev–Trinajstić information content (AvgIpc) is 2.61. The first-order valence-electron chi connectivity index (χ1n) is 8.11. The second-order valence-corrected chi connectivity index (χ2v) is 6.65. The van der Waals surface area contributed by atoms with Gasteiger partial charge in [0.25, 0.3) is 0 Å². The lowest BCUT2D eigenvalue weighted by molar-refractivity contribution is 0.0993. The van der Waals surface area contributed by atoms with Gasteiger partial charge in [0.1, 0.15) is 18.2 Å². The highest BCUT2D eigenvalue weighted by atomic mass is 35.5. The SMILES string of the molecule is Cc1cc(Nc2cc(CC(=O)c3c(Cl)cccc3Cl)ccn2)nc(CO)n1. The number of pyridine rings is 1. The van der Waals surface area contributed by atoms with Crippen molar-refractivity contribution in [1.82, 2.24) is 15.0 Å². The van der Waals surface area contributed by atoms with Crippen LogP contribution in [0.2, 0.25) is 10.0 Å². The molecule has 0 aliphatic carbocycles. The van der Waals surface area contributed by atoms with Gasteiger partial charge in [-0.05, 0) is 36.8 Å². The second-order valence-electron chi connectivity index (χ2n) is 5.84. The molecule has 3 aromatic rings. The Kier molecular flexibility index (Phi) is 6.01. The molecular weight excluding hydrogens is 387 g/mol. The fourth-order valence-electron chi connectivity index (χ4n) is 2.59. The molecule has 2 aromatic heterocycles. The van der Waals surface area contributed by atoms with Crippen LogP contribution in [-0.4, -0.2) is 25.8 Å². The van der Waals surface area contributed by atoms with Gasteiger partial charge < -0.3 is 10.4 Å². The van der Waals surface area contributed by atoms with Crippen molar-refractivity contribution >= 4 is 40.6 Å². The van der Waals surface area contributed by atoms with Gasteiger partial charge in [-0.1, -0.05) is 29.3 Å². The molecule has 0 amide bonds. The lowest BCUT2D eigenvalue weighted by Gasteiger charge is -2.09. The van der Waals surface area contributed by atoms with Gasteiger partial charge in [0.05, 0.1) is 15.6 Å². The highest BCUT2D eigenvalue weighted by Gasteiger charge is 2.15. The molecule has 0 aliphatic heterocycles. The molecule has 0 spiro atoms. The first kappa shape index (κ1) is 19.2. The molecular formula is C19H16Cl2N4O2. The van der Waals surface area contributed by atoms with Gasteiger partial charge >= 0.3 is 0 Å². The zero-order valence-corrected chi connectivity index (χ0v) is 15.9. The van der Waals surface area contributed by atoms with Crippen LogP contribution in [0.4, 0.5) is 11.6 Å². The molecule has 1 aromatic carbocycles. The fraction of sp³-hybridized carbons (Fsp3) is 0.158. The number of benzene rings is 1. The van der Waals surface area contributed by atoms with E-state index in [1.54, 1.807) is 42.6 Å². The van der Waals surface area contributed by atoms with Crippen LogP contribution >= 0.6 is 23.2 Å². The summed E-state index contributed by atoms with van der Waals surface area (Å²) in [7, 11) is 0. The van der Waals surface area contributed by atoms with Crippen LogP contribution in [-0.2, 0) is 13.0 Å². The van der Waals surface area contributed by atoms with Gasteiger partial charge in [-0.15, -0.1) is 0 Å². The van der Waals surface area contributed by atoms with Crippen molar-refractivity contribution in [2.24, 2.45) is 0 Å². The number of carbonyl (C=O) groups excluding carboxylic acids is 1. The summed E-state index contributed by atoms with van der Waals surface area (Å²) in [5.41, 5.74) is 1.78. The van der Waals surface area contributed by atoms with E-state index in [9.17, 15) is 9.90 Å². The Morgan fingerprint density at radius 1 is 1.11 bits per heavy atom. The lowest BCUT2D eigenvalue weighted by Crippen LogP contribution is -2.07. The van der Waals surface area contributed by atoms with E-state index in [2.05, 4.69) is 20.3 Å². The van der Waals surface area contributed by atoms with Crippen molar-refractivity contribution in [3.05, 3.63) is 75.3 Å². The summed E-state index contributed by atoms with van der Waals surface area (Å²) in [5.74, 6) is 1.17. The van der Waals surface area contributed by atoms with Crippen molar-refractivity contribution in [1.29, 1.82) is 0 Å². The van der Waals surface area contributed by atoms with E-state index in [1.807, 2.05) is 6.92 Å². The minimum Gasteiger partial charge on any atom is -0.388 e.